The lowest BCUT2D eigenvalue weighted by atomic mass is 9.49. The van der Waals surface area contributed by atoms with Gasteiger partial charge in [0, 0.05) is 25.0 Å². The lowest BCUT2D eigenvalue weighted by Gasteiger charge is -2.62. The Morgan fingerprint density at radius 1 is 1.12 bits per heavy atom. The zero-order chi connectivity index (χ0) is 23.3. The molecule has 1 N–H and O–H groups in total. The van der Waals surface area contributed by atoms with Crippen LogP contribution in [-0.2, 0) is 20.7 Å². The molecule has 0 unspecified atom stereocenters. The molecular weight excluding hydrogens is 414 g/mol. The molecule has 1 aromatic rings. The molecule has 33 heavy (non-hydrogen) atoms. The molecule has 2 saturated carbocycles. The predicted molar refractivity (Wildman–Crippen MR) is 128 cm³/mol. The minimum absolute atomic E-state index is 0.0543. The van der Waals surface area contributed by atoms with E-state index < -0.39 is 11.2 Å². The number of piperidine rings is 1. The summed E-state index contributed by atoms with van der Waals surface area (Å²) in [5.41, 5.74) is -0.354. The van der Waals surface area contributed by atoms with Crippen molar-refractivity contribution >= 4 is 5.97 Å². The summed E-state index contributed by atoms with van der Waals surface area (Å²) in [5, 5.41) is 12.1. The van der Waals surface area contributed by atoms with Gasteiger partial charge in [0.05, 0.1) is 17.1 Å². The van der Waals surface area contributed by atoms with Crippen molar-refractivity contribution in [1.82, 2.24) is 4.90 Å². The number of hydrogen-bond donors (Lipinski definition) is 1. The first kappa shape index (κ1) is 23.3. The van der Waals surface area contributed by atoms with E-state index in [0.717, 1.165) is 51.7 Å². The van der Waals surface area contributed by atoms with Crippen LogP contribution in [0.3, 0.4) is 0 Å². The van der Waals surface area contributed by atoms with Gasteiger partial charge in [-0.25, -0.2) is 0 Å². The molecule has 4 fully saturated rings. The molecule has 5 rings (SSSR count). The molecule has 0 spiro atoms. The number of methoxy groups -OCH3 is 1. The Balaban J connectivity index is 1.25. The third-order valence-electron chi connectivity index (χ3n) is 9.98. The zero-order valence-electron chi connectivity index (χ0n) is 20.6. The number of aliphatic hydroxyl groups is 1. The minimum Gasteiger partial charge on any atom is -0.462 e. The first-order valence-corrected chi connectivity index (χ1v) is 13.0. The summed E-state index contributed by atoms with van der Waals surface area (Å²) in [6.07, 6.45) is 7.63. The van der Waals surface area contributed by atoms with Crippen LogP contribution in [0.2, 0.25) is 0 Å². The van der Waals surface area contributed by atoms with Crippen LogP contribution in [0.15, 0.2) is 30.3 Å². The molecule has 4 aliphatic rings. The van der Waals surface area contributed by atoms with Crippen molar-refractivity contribution in [3.63, 3.8) is 0 Å². The van der Waals surface area contributed by atoms with Gasteiger partial charge >= 0.3 is 5.97 Å². The van der Waals surface area contributed by atoms with Crippen LogP contribution in [0, 0.1) is 23.2 Å². The second kappa shape index (κ2) is 8.66. The van der Waals surface area contributed by atoms with Crippen molar-refractivity contribution in [2.45, 2.75) is 82.5 Å². The van der Waals surface area contributed by atoms with Gasteiger partial charge in [-0.15, -0.1) is 0 Å². The molecule has 0 aromatic heterocycles. The maximum Gasteiger partial charge on any atom is 0.310 e. The highest BCUT2D eigenvalue weighted by molar-refractivity contribution is 5.75. The Kier molecular flexibility index (Phi) is 6.12. The standard InChI is InChI=1S/C28H41NO4/c1-26-12-7-13-27(2,32-3)28(26,31)17-22-23(25(30)33-24(22)18-26)19-29-14-10-21(11-15-29)16-20-8-5-4-6-9-20/h4-6,8-9,21-24,31H,7,10-19H2,1-3H3/t22-,23+,24-,26-,27-,28+/m1/s1. The smallest absolute Gasteiger partial charge is 0.310 e. The molecule has 1 aromatic carbocycles. The molecule has 182 valence electrons. The fourth-order valence-corrected chi connectivity index (χ4v) is 7.69. The lowest BCUT2D eigenvalue weighted by Crippen LogP contribution is -2.69. The lowest BCUT2D eigenvalue weighted by molar-refractivity contribution is -0.270. The summed E-state index contributed by atoms with van der Waals surface area (Å²) in [7, 11) is 1.73. The van der Waals surface area contributed by atoms with E-state index in [1.807, 2.05) is 0 Å². The third kappa shape index (κ3) is 3.94. The van der Waals surface area contributed by atoms with E-state index in [2.05, 4.69) is 49.1 Å². The Hall–Kier alpha value is -1.43. The Morgan fingerprint density at radius 2 is 1.85 bits per heavy atom. The number of rotatable bonds is 5. The fourth-order valence-electron chi connectivity index (χ4n) is 7.69. The van der Waals surface area contributed by atoms with E-state index in [0.29, 0.717) is 12.3 Å². The highest BCUT2D eigenvalue weighted by Crippen LogP contribution is 2.61. The summed E-state index contributed by atoms with van der Waals surface area (Å²) in [6.45, 7) is 7.08. The first-order chi connectivity index (χ1) is 15.8. The largest absolute Gasteiger partial charge is 0.462 e. The molecule has 2 aliphatic heterocycles. The van der Waals surface area contributed by atoms with Crippen molar-refractivity contribution in [2.24, 2.45) is 23.2 Å². The van der Waals surface area contributed by atoms with Gasteiger partial charge < -0.3 is 19.5 Å². The number of benzene rings is 1. The van der Waals surface area contributed by atoms with Gasteiger partial charge in [0.25, 0.3) is 0 Å². The average Bonchev–Trinajstić information content (AvgIpc) is 3.08. The van der Waals surface area contributed by atoms with Gasteiger partial charge in [0.1, 0.15) is 6.10 Å². The quantitative estimate of drug-likeness (QED) is 0.674. The van der Waals surface area contributed by atoms with E-state index in [4.69, 9.17) is 9.47 Å². The summed E-state index contributed by atoms with van der Waals surface area (Å²) < 4.78 is 11.9. The van der Waals surface area contributed by atoms with E-state index in [1.54, 1.807) is 7.11 Å². The van der Waals surface area contributed by atoms with Gasteiger partial charge in [-0.05, 0) is 82.9 Å². The van der Waals surface area contributed by atoms with E-state index >= 15 is 0 Å². The number of likely N-dealkylation sites (tertiary alicyclic amines) is 1. The summed E-state index contributed by atoms with van der Waals surface area (Å²) in [5.74, 6) is 0.594. The average molecular weight is 456 g/mol. The fraction of sp³-hybridized carbons (Fsp3) is 0.750. The molecule has 2 heterocycles. The van der Waals surface area contributed by atoms with Crippen LogP contribution in [0.5, 0.6) is 0 Å². The van der Waals surface area contributed by atoms with Crippen LogP contribution in [-0.4, -0.2) is 60.0 Å². The molecule has 0 radical (unpaired) electrons. The van der Waals surface area contributed by atoms with Gasteiger partial charge in [0.15, 0.2) is 0 Å². The normalized spacial score (nSPS) is 41.9. The van der Waals surface area contributed by atoms with Crippen molar-refractivity contribution < 1.29 is 19.4 Å². The number of carbonyl (C=O) groups is 1. The van der Waals surface area contributed by atoms with Crippen molar-refractivity contribution in [2.75, 3.05) is 26.7 Å². The highest BCUT2D eigenvalue weighted by atomic mass is 16.6. The maximum absolute atomic E-state index is 13.0. The zero-order valence-corrected chi connectivity index (χ0v) is 20.6. The molecule has 2 aliphatic carbocycles. The van der Waals surface area contributed by atoms with Crippen molar-refractivity contribution in [3.8, 4) is 0 Å². The van der Waals surface area contributed by atoms with E-state index in [1.165, 1.54) is 18.4 Å². The van der Waals surface area contributed by atoms with Gasteiger partial charge in [0.2, 0.25) is 0 Å². The summed E-state index contributed by atoms with van der Waals surface area (Å²) in [4.78, 5) is 15.5. The van der Waals surface area contributed by atoms with Crippen LogP contribution < -0.4 is 0 Å². The number of esters is 1. The van der Waals surface area contributed by atoms with Crippen LogP contribution in [0.1, 0.15) is 64.4 Å². The summed E-state index contributed by atoms with van der Waals surface area (Å²) in [6, 6.07) is 10.8. The number of ether oxygens (including phenoxy) is 2. The third-order valence-corrected chi connectivity index (χ3v) is 9.98. The second-order valence-corrected chi connectivity index (χ2v) is 11.8. The number of carbonyl (C=O) groups excluding carboxylic acids is 1. The van der Waals surface area contributed by atoms with Crippen LogP contribution in [0.4, 0.5) is 0 Å². The molecule has 2 saturated heterocycles. The minimum atomic E-state index is -0.928. The van der Waals surface area contributed by atoms with Crippen molar-refractivity contribution in [3.05, 3.63) is 35.9 Å². The Bertz CT molecular complexity index is 853. The first-order valence-electron chi connectivity index (χ1n) is 13.0. The van der Waals surface area contributed by atoms with Crippen LogP contribution >= 0.6 is 0 Å². The number of hydrogen-bond acceptors (Lipinski definition) is 5. The molecule has 5 heteroatoms. The Labute approximate surface area is 198 Å². The summed E-state index contributed by atoms with van der Waals surface area (Å²) >= 11 is 0. The van der Waals surface area contributed by atoms with Gasteiger partial charge in [-0.3, -0.25) is 4.79 Å². The van der Waals surface area contributed by atoms with Gasteiger partial charge in [-0.2, -0.15) is 0 Å². The molecule has 0 bridgehead atoms. The molecular formula is C28H41NO4. The van der Waals surface area contributed by atoms with E-state index in [9.17, 15) is 9.90 Å². The predicted octanol–water partition coefficient (Wildman–Crippen LogP) is 4.22. The second-order valence-electron chi connectivity index (χ2n) is 11.8. The molecule has 0 amide bonds. The topological polar surface area (TPSA) is 59.0 Å². The highest BCUT2D eigenvalue weighted by Gasteiger charge is 2.67. The Morgan fingerprint density at radius 3 is 2.55 bits per heavy atom. The number of fused-ring (bicyclic) bond motifs is 2. The van der Waals surface area contributed by atoms with Crippen molar-refractivity contribution in [1.29, 1.82) is 0 Å². The van der Waals surface area contributed by atoms with Gasteiger partial charge in [-0.1, -0.05) is 37.3 Å². The molecule has 5 nitrogen and oxygen atoms in total. The van der Waals surface area contributed by atoms with E-state index in [-0.39, 0.29) is 29.3 Å². The maximum atomic E-state index is 13.0. The SMILES string of the molecule is CO[C@]1(C)CCC[C@]2(C)C[C@H]3OC(=O)[C@@H](CN4CCC(Cc5ccccc5)CC4)[C@H]3C[C@]21O. The number of nitrogens with zero attached hydrogens (tertiary/aromatic N) is 1. The molecule has 6 atom stereocenters. The monoisotopic (exact) mass is 455 g/mol. The van der Waals surface area contributed by atoms with Crippen LogP contribution in [0.25, 0.3) is 0 Å².